The molecular formula is C19H18N4O4. The van der Waals surface area contributed by atoms with E-state index >= 15 is 0 Å². The maximum absolute atomic E-state index is 12.3. The third kappa shape index (κ3) is 3.55. The fourth-order valence-electron chi connectivity index (χ4n) is 3.21. The SMILES string of the molecule is NC(=O)COc1cccc([C@@H]2CC(=O)Nc3c2cnn3Cc2ccco2)c1. The number of ether oxygens (including phenoxy) is 1. The molecule has 0 bridgehead atoms. The first-order chi connectivity index (χ1) is 13.1. The zero-order chi connectivity index (χ0) is 18.8. The van der Waals surface area contributed by atoms with Gasteiger partial charge in [0.1, 0.15) is 23.9 Å². The van der Waals surface area contributed by atoms with Crippen LogP contribution in [-0.4, -0.2) is 28.2 Å². The minimum Gasteiger partial charge on any atom is -0.484 e. The molecule has 0 fully saturated rings. The van der Waals surface area contributed by atoms with E-state index in [9.17, 15) is 9.59 Å². The standard InChI is InChI=1S/C19H18N4O4/c20-17(24)11-27-13-4-1-3-12(7-13)15-8-18(25)22-19-16(15)9-21-23(19)10-14-5-2-6-26-14/h1-7,9,15H,8,10-11H2,(H2,20,24)(H,22,25)/t15-/m0/s1. The van der Waals surface area contributed by atoms with Crippen LogP contribution in [0.15, 0.2) is 53.3 Å². The molecule has 2 aromatic heterocycles. The number of furan rings is 1. The molecule has 3 heterocycles. The molecule has 27 heavy (non-hydrogen) atoms. The molecule has 8 heteroatoms. The first-order valence-corrected chi connectivity index (χ1v) is 8.49. The fraction of sp³-hybridized carbons (Fsp3) is 0.211. The van der Waals surface area contributed by atoms with Gasteiger partial charge in [0.2, 0.25) is 5.91 Å². The first-order valence-electron chi connectivity index (χ1n) is 8.49. The van der Waals surface area contributed by atoms with E-state index in [0.717, 1.165) is 16.9 Å². The Balaban J connectivity index is 1.64. The van der Waals surface area contributed by atoms with Gasteiger partial charge in [-0.05, 0) is 29.8 Å². The summed E-state index contributed by atoms with van der Waals surface area (Å²) in [6, 6.07) is 11.0. The molecule has 0 saturated heterocycles. The number of fused-ring (bicyclic) bond motifs is 1. The van der Waals surface area contributed by atoms with Crippen molar-refractivity contribution in [2.75, 3.05) is 11.9 Å². The Morgan fingerprint density at radius 1 is 1.37 bits per heavy atom. The van der Waals surface area contributed by atoms with Crippen molar-refractivity contribution < 1.29 is 18.7 Å². The number of nitrogens with two attached hydrogens (primary N) is 1. The lowest BCUT2D eigenvalue weighted by Gasteiger charge is -2.24. The highest BCUT2D eigenvalue weighted by molar-refractivity contribution is 5.94. The topological polar surface area (TPSA) is 112 Å². The van der Waals surface area contributed by atoms with Gasteiger partial charge >= 0.3 is 0 Å². The lowest BCUT2D eigenvalue weighted by Crippen LogP contribution is -2.25. The number of carbonyl (C=O) groups excluding carboxylic acids is 2. The summed E-state index contributed by atoms with van der Waals surface area (Å²) >= 11 is 0. The molecule has 138 valence electrons. The first kappa shape index (κ1) is 16.9. The van der Waals surface area contributed by atoms with Gasteiger partial charge in [-0.15, -0.1) is 0 Å². The van der Waals surface area contributed by atoms with Crippen molar-refractivity contribution in [1.29, 1.82) is 0 Å². The average molecular weight is 366 g/mol. The number of anilines is 1. The monoisotopic (exact) mass is 366 g/mol. The zero-order valence-corrected chi connectivity index (χ0v) is 14.4. The highest BCUT2D eigenvalue weighted by Crippen LogP contribution is 2.38. The molecule has 3 N–H and O–H groups in total. The number of benzene rings is 1. The van der Waals surface area contributed by atoms with Gasteiger partial charge in [-0.1, -0.05) is 12.1 Å². The summed E-state index contributed by atoms with van der Waals surface area (Å²) in [7, 11) is 0. The van der Waals surface area contributed by atoms with Crippen molar-refractivity contribution in [2.24, 2.45) is 5.73 Å². The smallest absolute Gasteiger partial charge is 0.255 e. The average Bonchev–Trinajstić information content (AvgIpc) is 3.30. The van der Waals surface area contributed by atoms with Crippen molar-refractivity contribution in [3.8, 4) is 5.75 Å². The predicted molar refractivity (Wildman–Crippen MR) is 96.3 cm³/mol. The second-order valence-corrected chi connectivity index (χ2v) is 6.32. The van der Waals surface area contributed by atoms with Crippen LogP contribution in [0.3, 0.4) is 0 Å². The maximum atomic E-state index is 12.3. The van der Waals surface area contributed by atoms with Crippen molar-refractivity contribution in [3.05, 3.63) is 65.7 Å². The van der Waals surface area contributed by atoms with Gasteiger partial charge in [0.25, 0.3) is 5.91 Å². The number of rotatable bonds is 6. The van der Waals surface area contributed by atoms with Gasteiger partial charge in [-0.25, -0.2) is 4.68 Å². The Kier molecular flexibility index (Phi) is 4.37. The maximum Gasteiger partial charge on any atom is 0.255 e. The van der Waals surface area contributed by atoms with Crippen LogP contribution in [0.25, 0.3) is 0 Å². The number of hydrogen-bond acceptors (Lipinski definition) is 5. The highest BCUT2D eigenvalue weighted by atomic mass is 16.5. The van der Waals surface area contributed by atoms with Crippen LogP contribution >= 0.6 is 0 Å². The number of carbonyl (C=O) groups is 2. The molecular weight excluding hydrogens is 348 g/mol. The molecule has 0 radical (unpaired) electrons. The minimum atomic E-state index is -0.543. The van der Waals surface area contributed by atoms with Gasteiger partial charge in [-0.3, -0.25) is 9.59 Å². The molecule has 0 spiro atoms. The third-order valence-corrected chi connectivity index (χ3v) is 4.42. The summed E-state index contributed by atoms with van der Waals surface area (Å²) in [5.74, 6) is 1.16. The molecule has 0 saturated carbocycles. The lowest BCUT2D eigenvalue weighted by atomic mass is 9.87. The fourth-order valence-corrected chi connectivity index (χ4v) is 3.21. The van der Waals surface area contributed by atoms with Crippen molar-refractivity contribution >= 4 is 17.6 Å². The summed E-state index contributed by atoms with van der Waals surface area (Å²) < 4.78 is 12.5. The van der Waals surface area contributed by atoms with Crippen LogP contribution in [0.5, 0.6) is 5.75 Å². The Morgan fingerprint density at radius 3 is 3.04 bits per heavy atom. The Bertz CT molecular complexity index is 978. The Hall–Kier alpha value is -3.55. The zero-order valence-electron chi connectivity index (χ0n) is 14.4. The number of nitrogens with one attached hydrogen (secondary N) is 1. The van der Waals surface area contributed by atoms with E-state index in [-0.39, 0.29) is 18.4 Å². The van der Waals surface area contributed by atoms with E-state index in [0.29, 0.717) is 24.5 Å². The van der Waals surface area contributed by atoms with E-state index in [1.807, 2.05) is 30.3 Å². The van der Waals surface area contributed by atoms with Crippen LogP contribution < -0.4 is 15.8 Å². The molecule has 8 nitrogen and oxygen atoms in total. The number of aromatic nitrogens is 2. The summed E-state index contributed by atoms with van der Waals surface area (Å²) in [5, 5.41) is 7.32. The second kappa shape index (κ2) is 6.99. The number of nitrogens with zero attached hydrogens (tertiary/aromatic N) is 2. The van der Waals surface area contributed by atoms with Gasteiger partial charge < -0.3 is 20.2 Å². The van der Waals surface area contributed by atoms with Crippen LogP contribution in [0.2, 0.25) is 0 Å². The molecule has 0 unspecified atom stereocenters. The van der Waals surface area contributed by atoms with Gasteiger partial charge in [-0.2, -0.15) is 5.10 Å². The van der Waals surface area contributed by atoms with Crippen molar-refractivity contribution in [3.63, 3.8) is 0 Å². The van der Waals surface area contributed by atoms with Crippen LogP contribution in [0.1, 0.15) is 29.2 Å². The summed E-state index contributed by atoms with van der Waals surface area (Å²) in [4.78, 5) is 23.2. The van der Waals surface area contributed by atoms with Crippen molar-refractivity contribution in [2.45, 2.75) is 18.9 Å². The van der Waals surface area contributed by atoms with E-state index in [4.69, 9.17) is 14.9 Å². The van der Waals surface area contributed by atoms with E-state index in [2.05, 4.69) is 10.4 Å². The quantitative estimate of drug-likeness (QED) is 0.691. The largest absolute Gasteiger partial charge is 0.484 e. The van der Waals surface area contributed by atoms with Crippen LogP contribution in [0.4, 0.5) is 5.82 Å². The molecule has 4 rings (SSSR count). The molecule has 1 atom stereocenters. The lowest BCUT2D eigenvalue weighted by molar-refractivity contribution is -0.120. The minimum absolute atomic E-state index is 0.0860. The van der Waals surface area contributed by atoms with Crippen LogP contribution in [-0.2, 0) is 16.1 Å². The van der Waals surface area contributed by atoms with Gasteiger partial charge in [0, 0.05) is 17.9 Å². The summed E-state index contributed by atoms with van der Waals surface area (Å²) in [5.41, 5.74) is 6.96. The van der Waals surface area contributed by atoms with Gasteiger partial charge in [0.05, 0.1) is 12.5 Å². The highest BCUT2D eigenvalue weighted by Gasteiger charge is 2.30. The molecule has 2 amide bonds. The van der Waals surface area contributed by atoms with Crippen molar-refractivity contribution in [1.82, 2.24) is 9.78 Å². The summed E-state index contributed by atoms with van der Waals surface area (Å²) in [6.07, 6.45) is 3.67. The molecule has 1 aliphatic rings. The van der Waals surface area contributed by atoms with E-state index < -0.39 is 5.91 Å². The number of primary amides is 1. The number of amides is 2. The molecule has 3 aromatic rings. The van der Waals surface area contributed by atoms with E-state index in [1.54, 1.807) is 23.2 Å². The molecule has 0 aliphatic carbocycles. The molecule has 1 aromatic carbocycles. The number of hydrogen-bond donors (Lipinski definition) is 2. The predicted octanol–water partition coefficient (Wildman–Crippen LogP) is 1.86. The normalized spacial score (nSPS) is 15.9. The van der Waals surface area contributed by atoms with Gasteiger partial charge in [0.15, 0.2) is 6.61 Å². The van der Waals surface area contributed by atoms with Crippen LogP contribution in [0, 0.1) is 0 Å². The second-order valence-electron chi connectivity index (χ2n) is 6.32. The molecule has 1 aliphatic heterocycles. The summed E-state index contributed by atoms with van der Waals surface area (Å²) in [6.45, 7) is 0.234. The Morgan fingerprint density at radius 2 is 2.26 bits per heavy atom. The third-order valence-electron chi connectivity index (χ3n) is 4.42. The van der Waals surface area contributed by atoms with E-state index in [1.165, 1.54) is 0 Å². The Labute approximate surface area is 154 Å².